The molecule has 31 heavy (non-hydrogen) atoms. The maximum absolute atomic E-state index is 12.1. The standard InChI is InChI=1S/C22H36N4O4.HI/c1-5-23-22(24-13-9-15-26-14-8-6-7-10-19(26)27)25-16-17-11-12-18(28-2)21(30-4)20(17)29-3;/h11-12H,5-10,13-16H2,1-4H3,(H2,23,24,25);1H. The number of guanidine groups is 1. The molecule has 1 aliphatic rings. The predicted octanol–water partition coefficient (Wildman–Crippen LogP) is 3.18. The van der Waals surface area contributed by atoms with E-state index in [9.17, 15) is 4.79 Å². The van der Waals surface area contributed by atoms with E-state index in [0.717, 1.165) is 63.4 Å². The van der Waals surface area contributed by atoms with E-state index in [1.807, 2.05) is 24.0 Å². The lowest BCUT2D eigenvalue weighted by Gasteiger charge is -2.21. The first kappa shape index (κ1) is 27.1. The zero-order valence-corrected chi connectivity index (χ0v) is 21.5. The van der Waals surface area contributed by atoms with Crippen molar-refractivity contribution in [3.05, 3.63) is 17.7 Å². The Bertz CT molecular complexity index is 715. The van der Waals surface area contributed by atoms with Gasteiger partial charge in [0.05, 0.1) is 27.9 Å². The Morgan fingerprint density at radius 2 is 1.84 bits per heavy atom. The van der Waals surface area contributed by atoms with Crippen LogP contribution in [0.3, 0.4) is 0 Å². The van der Waals surface area contributed by atoms with Gasteiger partial charge in [-0.1, -0.05) is 6.42 Å². The Morgan fingerprint density at radius 1 is 1.06 bits per heavy atom. The highest BCUT2D eigenvalue weighted by Crippen LogP contribution is 2.39. The van der Waals surface area contributed by atoms with Gasteiger partial charge in [-0.05, 0) is 38.3 Å². The molecule has 176 valence electrons. The third-order valence-corrected chi connectivity index (χ3v) is 5.11. The quantitative estimate of drug-likeness (QED) is 0.202. The summed E-state index contributed by atoms with van der Waals surface area (Å²) in [7, 11) is 4.80. The molecule has 0 aliphatic carbocycles. The number of aliphatic imine (C=N–C) groups is 1. The number of hydrogen-bond acceptors (Lipinski definition) is 5. The minimum absolute atomic E-state index is 0. The Morgan fingerprint density at radius 3 is 2.52 bits per heavy atom. The van der Waals surface area contributed by atoms with E-state index in [2.05, 4.69) is 15.6 Å². The summed E-state index contributed by atoms with van der Waals surface area (Å²) in [6, 6.07) is 3.78. The van der Waals surface area contributed by atoms with Gasteiger partial charge in [-0.3, -0.25) is 4.79 Å². The van der Waals surface area contributed by atoms with Crippen molar-refractivity contribution in [2.75, 3.05) is 47.5 Å². The van der Waals surface area contributed by atoms with E-state index in [0.29, 0.717) is 30.2 Å². The van der Waals surface area contributed by atoms with Gasteiger partial charge in [0.25, 0.3) is 0 Å². The normalized spacial score (nSPS) is 14.4. The summed E-state index contributed by atoms with van der Waals surface area (Å²) in [4.78, 5) is 18.8. The largest absolute Gasteiger partial charge is 0.493 e. The summed E-state index contributed by atoms with van der Waals surface area (Å²) < 4.78 is 16.3. The molecule has 0 spiro atoms. The van der Waals surface area contributed by atoms with Crippen molar-refractivity contribution in [1.82, 2.24) is 15.5 Å². The van der Waals surface area contributed by atoms with Crippen LogP contribution in [0.2, 0.25) is 0 Å². The topological polar surface area (TPSA) is 84.4 Å². The van der Waals surface area contributed by atoms with Crippen LogP contribution in [0.4, 0.5) is 0 Å². The van der Waals surface area contributed by atoms with Crippen molar-refractivity contribution in [3.63, 3.8) is 0 Å². The number of hydrogen-bond donors (Lipinski definition) is 2. The molecule has 1 aromatic carbocycles. The lowest BCUT2D eigenvalue weighted by Crippen LogP contribution is -2.39. The van der Waals surface area contributed by atoms with E-state index < -0.39 is 0 Å². The zero-order valence-electron chi connectivity index (χ0n) is 19.2. The fourth-order valence-electron chi connectivity index (χ4n) is 3.55. The molecule has 2 rings (SSSR count). The number of ether oxygens (including phenoxy) is 3. The third kappa shape index (κ3) is 8.27. The number of halogens is 1. The molecular weight excluding hydrogens is 511 g/mol. The second-order valence-corrected chi connectivity index (χ2v) is 7.16. The van der Waals surface area contributed by atoms with Crippen LogP contribution in [-0.2, 0) is 11.3 Å². The highest BCUT2D eigenvalue weighted by Gasteiger charge is 2.17. The zero-order chi connectivity index (χ0) is 21.8. The third-order valence-electron chi connectivity index (χ3n) is 5.11. The van der Waals surface area contributed by atoms with Gasteiger partial charge < -0.3 is 29.7 Å². The van der Waals surface area contributed by atoms with Crippen molar-refractivity contribution in [2.45, 2.75) is 45.6 Å². The number of benzene rings is 1. The van der Waals surface area contributed by atoms with Crippen LogP contribution in [0.25, 0.3) is 0 Å². The van der Waals surface area contributed by atoms with Crippen LogP contribution < -0.4 is 24.8 Å². The minimum atomic E-state index is 0. The molecular formula is C22H37IN4O4. The van der Waals surface area contributed by atoms with Crippen molar-refractivity contribution >= 4 is 35.8 Å². The SMILES string of the molecule is CCNC(=NCc1ccc(OC)c(OC)c1OC)NCCCN1CCCCCC1=O.I. The van der Waals surface area contributed by atoms with Crippen LogP contribution in [0.15, 0.2) is 17.1 Å². The number of nitrogens with one attached hydrogen (secondary N) is 2. The van der Waals surface area contributed by atoms with Crippen LogP contribution in [-0.4, -0.2) is 64.3 Å². The molecule has 0 atom stereocenters. The van der Waals surface area contributed by atoms with Crippen molar-refractivity contribution in [1.29, 1.82) is 0 Å². The average molecular weight is 548 g/mol. The monoisotopic (exact) mass is 548 g/mol. The Hall–Kier alpha value is -1.91. The lowest BCUT2D eigenvalue weighted by molar-refractivity contribution is -0.130. The molecule has 0 bridgehead atoms. The summed E-state index contributed by atoms with van der Waals surface area (Å²) in [5, 5.41) is 6.61. The molecule has 0 radical (unpaired) electrons. The molecule has 1 amide bonds. The summed E-state index contributed by atoms with van der Waals surface area (Å²) in [5.74, 6) is 2.82. The minimum Gasteiger partial charge on any atom is -0.493 e. The summed E-state index contributed by atoms with van der Waals surface area (Å²) in [5.41, 5.74) is 0.905. The van der Waals surface area contributed by atoms with Crippen molar-refractivity contribution in [2.24, 2.45) is 4.99 Å². The highest BCUT2D eigenvalue weighted by atomic mass is 127. The van der Waals surface area contributed by atoms with E-state index in [-0.39, 0.29) is 29.9 Å². The Balaban J connectivity index is 0.00000480. The molecule has 0 saturated carbocycles. The van der Waals surface area contributed by atoms with Gasteiger partial charge in [-0.2, -0.15) is 0 Å². The molecule has 9 heteroatoms. The second kappa shape index (κ2) is 15.0. The van der Waals surface area contributed by atoms with Gasteiger partial charge in [-0.15, -0.1) is 24.0 Å². The fraction of sp³-hybridized carbons (Fsp3) is 0.636. The Labute approximate surface area is 203 Å². The molecule has 1 fully saturated rings. The molecule has 8 nitrogen and oxygen atoms in total. The Kier molecular flexibility index (Phi) is 13.1. The molecule has 1 heterocycles. The van der Waals surface area contributed by atoms with Gasteiger partial charge in [0.15, 0.2) is 17.5 Å². The van der Waals surface area contributed by atoms with Crippen LogP contribution >= 0.6 is 24.0 Å². The molecule has 0 unspecified atom stereocenters. The first-order valence-corrected chi connectivity index (χ1v) is 10.7. The number of carbonyl (C=O) groups is 1. The summed E-state index contributed by atoms with van der Waals surface area (Å²) >= 11 is 0. The van der Waals surface area contributed by atoms with E-state index in [4.69, 9.17) is 14.2 Å². The smallest absolute Gasteiger partial charge is 0.222 e. The van der Waals surface area contributed by atoms with Gasteiger partial charge in [-0.25, -0.2) is 4.99 Å². The first-order valence-electron chi connectivity index (χ1n) is 10.7. The maximum Gasteiger partial charge on any atom is 0.222 e. The number of amides is 1. The van der Waals surface area contributed by atoms with E-state index >= 15 is 0 Å². The predicted molar refractivity (Wildman–Crippen MR) is 134 cm³/mol. The van der Waals surface area contributed by atoms with E-state index in [1.54, 1.807) is 21.3 Å². The van der Waals surface area contributed by atoms with Gasteiger partial charge in [0.2, 0.25) is 11.7 Å². The number of likely N-dealkylation sites (tertiary alicyclic amines) is 1. The lowest BCUT2D eigenvalue weighted by atomic mass is 10.1. The van der Waals surface area contributed by atoms with E-state index in [1.165, 1.54) is 0 Å². The second-order valence-electron chi connectivity index (χ2n) is 7.16. The van der Waals surface area contributed by atoms with Gasteiger partial charge >= 0.3 is 0 Å². The first-order chi connectivity index (χ1) is 14.6. The molecule has 1 saturated heterocycles. The number of rotatable bonds is 10. The number of nitrogens with zero attached hydrogens (tertiary/aromatic N) is 2. The maximum atomic E-state index is 12.1. The van der Waals surface area contributed by atoms with Crippen LogP contribution in [0.5, 0.6) is 17.2 Å². The molecule has 0 aromatic heterocycles. The fourth-order valence-corrected chi connectivity index (χ4v) is 3.55. The summed E-state index contributed by atoms with van der Waals surface area (Å²) in [6.45, 7) is 5.65. The molecule has 1 aliphatic heterocycles. The molecule has 2 N–H and O–H groups in total. The number of methoxy groups -OCH3 is 3. The van der Waals surface area contributed by atoms with Gasteiger partial charge in [0.1, 0.15) is 0 Å². The van der Waals surface area contributed by atoms with Crippen molar-refractivity contribution in [3.8, 4) is 17.2 Å². The summed E-state index contributed by atoms with van der Waals surface area (Å²) in [6.07, 6.45) is 4.85. The van der Waals surface area contributed by atoms with Gasteiger partial charge in [0, 0.05) is 38.2 Å². The average Bonchev–Trinajstić information content (AvgIpc) is 2.97. The van der Waals surface area contributed by atoms with Crippen LogP contribution in [0, 0.1) is 0 Å². The van der Waals surface area contributed by atoms with Crippen molar-refractivity contribution < 1.29 is 19.0 Å². The molecule has 1 aromatic rings. The van der Waals surface area contributed by atoms with Crippen LogP contribution in [0.1, 0.15) is 44.6 Å². The number of carbonyl (C=O) groups excluding carboxylic acids is 1. The highest BCUT2D eigenvalue weighted by molar-refractivity contribution is 14.0.